The van der Waals surface area contributed by atoms with Crippen molar-refractivity contribution in [3.8, 4) is 0 Å². The average Bonchev–Trinajstić information content (AvgIpc) is 2.57. The molecule has 0 fully saturated rings. The smallest absolute Gasteiger partial charge is 0.192 e. The number of carbonyl (C=O) groups excluding carboxylic acids is 1. The van der Waals surface area contributed by atoms with Crippen LogP contribution in [-0.4, -0.2) is 11.3 Å². The van der Waals surface area contributed by atoms with Gasteiger partial charge in [-0.15, -0.1) is 0 Å². The summed E-state index contributed by atoms with van der Waals surface area (Å²) in [6.07, 6.45) is 1.45. The largest absolute Gasteiger partial charge is 0.441 e. The lowest BCUT2D eigenvalue weighted by atomic mass is 9.98. The van der Waals surface area contributed by atoms with Crippen LogP contribution in [0.3, 0.4) is 0 Å². The van der Waals surface area contributed by atoms with Gasteiger partial charge in [-0.1, -0.05) is 19.1 Å². The first kappa shape index (κ1) is 9.90. The molecule has 0 aliphatic heterocycles. The van der Waals surface area contributed by atoms with Crippen LogP contribution in [0.25, 0.3) is 11.1 Å². The van der Waals surface area contributed by atoms with E-state index in [0.717, 1.165) is 22.9 Å². The summed E-state index contributed by atoms with van der Waals surface area (Å²) >= 11 is 0. The molecule has 15 heavy (non-hydrogen) atoms. The van der Waals surface area contributed by atoms with E-state index in [9.17, 15) is 4.79 Å². The van der Waals surface area contributed by atoms with Crippen LogP contribution in [-0.2, 0) is 4.79 Å². The van der Waals surface area contributed by atoms with Crippen LogP contribution in [0, 0.1) is 6.92 Å². The predicted molar refractivity (Wildman–Crippen MR) is 57.8 cm³/mol. The van der Waals surface area contributed by atoms with Crippen LogP contribution < -0.4 is 0 Å². The quantitative estimate of drug-likeness (QED) is 0.720. The number of aryl methyl sites for hydroxylation is 1. The number of rotatable bonds is 3. The summed E-state index contributed by atoms with van der Waals surface area (Å²) in [5.74, 6) is 0.842. The summed E-state index contributed by atoms with van der Waals surface area (Å²) in [5.41, 5.74) is 2.73. The Morgan fingerprint density at radius 1 is 1.53 bits per heavy atom. The average molecular weight is 203 g/mol. The molecule has 78 valence electrons. The van der Waals surface area contributed by atoms with E-state index in [-0.39, 0.29) is 5.92 Å². The fourth-order valence-electron chi connectivity index (χ4n) is 1.74. The molecule has 2 aromatic rings. The van der Waals surface area contributed by atoms with Crippen LogP contribution >= 0.6 is 0 Å². The highest BCUT2D eigenvalue weighted by Gasteiger charge is 2.12. The molecule has 1 unspecified atom stereocenters. The van der Waals surface area contributed by atoms with Gasteiger partial charge in [0.1, 0.15) is 11.8 Å². The van der Waals surface area contributed by atoms with Crippen LogP contribution in [0.2, 0.25) is 0 Å². The van der Waals surface area contributed by atoms with Crippen molar-refractivity contribution in [3.05, 3.63) is 29.7 Å². The van der Waals surface area contributed by atoms with Gasteiger partial charge >= 0.3 is 0 Å². The first-order valence-electron chi connectivity index (χ1n) is 5.02. The molecule has 0 radical (unpaired) electrons. The number of para-hydroxylation sites is 1. The van der Waals surface area contributed by atoms with Crippen molar-refractivity contribution in [1.29, 1.82) is 0 Å². The molecular weight excluding hydrogens is 190 g/mol. The summed E-state index contributed by atoms with van der Waals surface area (Å²) < 4.78 is 5.54. The molecule has 0 amide bonds. The van der Waals surface area contributed by atoms with Crippen LogP contribution in [0.5, 0.6) is 0 Å². The van der Waals surface area contributed by atoms with Gasteiger partial charge < -0.3 is 9.21 Å². The fourth-order valence-corrected chi connectivity index (χ4v) is 1.74. The third-order valence-electron chi connectivity index (χ3n) is 2.53. The Bertz CT molecular complexity index is 487. The Labute approximate surface area is 88.1 Å². The minimum Gasteiger partial charge on any atom is -0.441 e. The van der Waals surface area contributed by atoms with E-state index < -0.39 is 0 Å². The summed E-state index contributed by atoms with van der Waals surface area (Å²) in [6.45, 7) is 3.84. The number of hydrogen-bond donors (Lipinski definition) is 0. The van der Waals surface area contributed by atoms with Gasteiger partial charge in [0, 0.05) is 18.9 Å². The molecule has 1 atom stereocenters. The van der Waals surface area contributed by atoms with Crippen molar-refractivity contribution in [2.45, 2.75) is 26.2 Å². The van der Waals surface area contributed by atoms with E-state index in [2.05, 4.69) is 4.98 Å². The van der Waals surface area contributed by atoms with Crippen molar-refractivity contribution < 1.29 is 9.21 Å². The molecule has 0 saturated heterocycles. The molecule has 3 nitrogen and oxygen atoms in total. The first-order chi connectivity index (χ1) is 7.22. The highest BCUT2D eigenvalue weighted by atomic mass is 16.3. The van der Waals surface area contributed by atoms with Crippen molar-refractivity contribution in [1.82, 2.24) is 4.98 Å². The summed E-state index contributed by atoms with van der Waals surface area (Å²) in [4.78, 5) is 14.7. The van der Waals surface area contributed by atoms with Crippen molar-refractivity contribution in [2.24, 2.45) is 0 Å². The maximum atomic E-state index is 10.5. The van der Waals surface area contributed by atoms with E-state index >= 15 is 0 Å². The van der Waals surface area contributed by atoms with E-state index in [4.69, 9.17) is 4.42 Å². The molecule has 3 heteroatoms. The fraction of sp³-hybridized carbons (Fsp3) is 0.333. The zero-order valence-electron chi connectivity index (χ0n) is 8.86. The van der Waals surface area contributed by atoms with E-state index in [0.29, 0.717) is 12.3 Å². The molecule has 0 spiro atoms. The summed E-state index contributed by atoms with van der Waals surface area (Å²) in [6, 6.07) is 5.85. The Morgan fingerprint density at radius 2 is 2.33 bits per heavy atom. The number of aldehydes is 1. The predicted octanol–water partition coefficient (Wildman–Crippen LogP) is 2.83. The first-order valence-corrected chi connectivity index (χ1v) is 5.02. The summed E-state index contributed by atoms with van der Waals surface area (Å²) in [7, 11) is 0. The highest BCUT2D eigenvalue weighted by molar-refractivity contribution is 5.77. The standard InChI is InChI=1S/C12H13NO2/c1-8(6-7-14)10-4-3-5-11-12(10)15-9(2)13-11/h3-5,7-8H,6H2,1-2H3. The molecule has 0 N–H and O–H groups in total. The second-order valence-electron chi connectivity index (χ2n) is 3.73. The van der Waals surface area contributed by atoms with Gasteiger partial charge in [-0.2, -0.15) is 0 Å². The third-order valence-corrected chi connectivity index (χ3v) is 2.53. The molecule has 0 aliphatic rings. The molecule has 1 heterocycles. The monoisotopic (exact) mass is 203 g/mol. The van der Waals surface area contributed by atoms with E-state index in [1.54, 1.807) is 0 Å². The number of benzene rings is 1. The molecule has 1 aromatic heterocycles. The number of carbonyl (C=O) groups is 1. The van der Waals surface area contributed by atoms with Crippen LogP contribution in [0.1, 0.15) is 30.7 Å². The molecule has 1 aromatic carbocycles. The molecule has 2 rings (SSSR count). The summed E-state index contributed by atoms with van der Waals surface area (Å²) in [5, 5.41) is 0. The molecular formula is C12H13NO2. The zero-order chi connectivity index (χ0) is 10.8. The highest BCUT2D eigenvalue weighted by Crippen LogP contribution is 2.27. The van der Waals surface area contributed by atoms with Crippen LogP contribution in [0.4, 0.5) is 0 Å². The second-order valence-corrected chi connectivity index (χ2v) is 3.73. The van der Waals surface area contributed by atoms with Gasteiger partial charge in [-0.25, -0.2) is 4.98 Å². The topological polar surface area (TPSA) is 43.1 Å². The lowest BCUT2D eigenvalue weighted by Gasteiger charge is -2.07. The SMILES string of the molecule is Cc1nc2cccc(C(C)CC=O)c2o1. The number of fused-ring (bicyclic) bond motifs is 1. The van der Waals surface area contributed by atoms with Crippen molar-refractivity contribution >= 4 is 17.4 Å². The van der Waals surface area contributed by atoms with E-state index in [1.165, 1.54) is 0 Å². The Balaban J connectivity index is 2.54. The second kappa shape index (κ2) is 3.85. The number of oxazole rings is 1. The minimum atomic E-state index is 0.179. The Kier molecular flexibility index (Phi) is 2.54. The lowest BCUT2D eigenvalue weighted by Crippen LogP contribution is -1.94. The van der Waals surface area contributed by atoms with E-state index in [1.807, 2.05) is 32.0 Å². The lowest BCUT2D eigenvalue weighted by molar-refractivity contribution is -0.108. The van der Waals surface area contributed by atoms with Crippen molar-refractivity contribution in [2.75, 3.05) is 0 Å². The van der Waals surface area contributed by atoms with Crippen molar-refractivity contribution in [3.63, 3.8) is 0 Å². The number of hydrogen-bond acceptors (Lipinski definition) is 3. The van der Waals surface area contributed by atoms with Crippen LogP contribution in [0.15, 0.2) is 22.6 Å². The van der Waals surface area contributed by atoms with Gasteiger partial charge in [0.15, 0.2) is 11.5 Å². The number of nitrogens with zero attached hydrogens (tertiary/aromatic N) is 1. The Morgan fingerprint density at radius 3 is 3.07 bits per heavy atom. The normalized spacial score (nSPS) is 12.9. The zero-order valence-corrected chi connectivity index (χ0v) is 8.86. The molecule has 0 aliphatic carbocycles. The Hall–Kier alpha value is -1.64. The maximum absolute atomic E-state index is 10.5. The minimum absolute atomic E-state index is 0.179. The van der Waals surface area contributed by atoms with Gasteiger partial charge in [-0.05, 0) is 12.0 Å². The third kappa shape index (κ3) is 1.77. The number of aromatic nitrogens is 1. The maximum Gasteiger partial charge on any atom is 0.192 e. The van der Waals surface area contributed by atoms with Gasteiger partial charge in [0.25, 0.3) is 0 Å². The van der Waals surface area contributed by atoms with Gasteiger partial charge in [-0.3, -0.25) is 0 Å². The molecule has 0 saturated carbocycles. The van der Waals surface area contributed by atoms with Gasteiger partial charge in [0.05, 0.1) is 0 Å². The molecule has 0 bridgehead atoms. The van der Waals surface area contributed by atoms with Gasteiger partial charge in [0.2, 0.25) is 0 Å².